The third-order valence-corrected chi connectivity index (χ3v) is 3.26. The molecule has 0 aromatic heterocycles. The van der Waals surface area contributed by atoms with Crippen molar-refractivity contribution >= 4 is 0 Å². The first kappa shape index (κ1) is 18.0. The van der Waals surface area contributed by atoms with Gasteiger partial charge in [-0.3, -0.25) is 0 Å². The SMILES string of the molecule is CCCNC(c1ccccc1)C(CC)OCCC(F)(F)F. The molecule has 2 nitrogen and oxygen atoms in total. The van der Waals surface area contributed by atoms with Crippen molar-refractivity contribution in [2.24, 2.45) is 0 Å². The van der Waals surface area contributed by atoms with Gasteiger partial charge < -0.3 is 10.1 Å². The van der Waals surface area contributed by atoms with Crippen LogP contribution >= 0.6 is 0 Å². The van der Waals surface area contributed by atoms with Crippen LogP contribution in [0.1, 0.15) is 44.7 Å². The Hall–Kier alpha value is -1.07. The van der Waals surface area contributed by atoms with Gasteiger partial charge >= 0.3 is 6.18 Å². The maximum absolute atomic E-state index is 12.2. The van der Waals surface area contributed by atoms with Crippen LogP contribution in [0.5, 0.6) is 0 Å². The van der Waals surface area contributed by atoms with E-state index in [9.17, 15) is 13.2 Å². The average Bonchev–Trinajstić information content (AvgIpc) is 2.45. The molecule has 21 heavy (non-hydrogen) atoms. The third kappa shape index (κ3) is 6.96. The van der Waals surface area contributed by atoms with Crippen LogP contribution in [0.15, 0.2) is 30.3 Å². The second-order valence-corrected chi connectivity index (χ2v) is 5.03. The molecule has 0 radical (unpaired) electrons. The molecule has 0 saturated carbocycles. The number of ether oxygens (including phenoxy) is 1. The summed E-state index contributed by atoms with van der Waals surface area (Å²) in [5.41, 5.74) is 1.05. The Morgan fingerprint density at radius 1 is 1.14 bits per heavy atom. The topological polar surface area (TPSA) is 21.3 Å². The van der Waals surface area contributed by atoms with Crippen LogP contribution in [0.25, 0.3) is 0 Å². The molecule has 5 heteroatoms. The van der Waals surface area contributed by atoms with Crippen LogP contribution in [0.4, 0.5) is 13.2 Å². The lowest BCUT2D eigenvalue weighted by Gasteiger charge is -2.28. The first-order valence-electron chi connectivity index (χ1n) is 7.44. The molecule has 2 unspecified atom stereocenters. The van der Waals surface area contributed by atoms with Gasteiger partial charge in [-0.2, -0.15) is 13.2 Å². The molecular formula is C16H24F3NO. The molecule has 120 valence electrons. The first-order valence-corrected chi connectivity index (χ1v) is 7.44. The van der Waals surface area contributed by atoms with Gasteiger partial charge in [-0.15, -0.1) is 0 Å². The minimum absolute atomic E-state index is 0.0793. The first-order chi connectivity index (χ1) is 9.98. The Morgan fingerprint density at radius 2 is 1.81 bits per heavy atom. The lowest BCUT2D eigenvalue weighted by atomic mass is 9.99. The fraction of sp³-hybridized carbons (Fsp3) is 0.625. The van der Waals surface area contributed by atoms with Crippen molar-refractivity contribution in [2.75, 3.05) is 13.2 Å². The highest BCUT2D eigenvalue weighted by Gasteiger charge is 2.28. The van der Waals surface area contributed by atoms with Gasteiger partial charge in [0.1, 0.15) is 0 Å². The Kier molecular flexibility index (Phi) is 7.75. The maximum Gasteiger partial charge on any atom is 0.391 e. The van der Waals surface area contributed by atoms with E-state index >= 15 is 0 Å². The van der Waals surface area contributed by atoms with Crippen LogP contribution in [-0.4, -0.2) is 25.4 Å². The van der Waals surface area contributed by atoms with Crippen LogP contribution in [-0.2, 0) is 4.74 Å². The number of benzene rings is 1. The van der Waals surface area contributed by atoms with E-state index < -0.39 is 12.6 Å². The van der Waals surface area contributed by atoms with Crippen LogP contribution in [0.3, 0.4) is 0 Å². The van der Waals surface area contributed by atoms with E-state index in [1.54, 1.807) is 0 Å². The number of hydrogen-bond donors (Lipinski definition) is 1. The highest BCUT2D eigenvalue weighted by Crippen LogP contribution is 2.24. The summed E-state index contributed by atoms with van der Waals surface area (Å²) in [6, 6.07) is 9.65. The molecule has 0 bridgehead atoms. The summed E-state index contributed by atoms with van der Waals surface area (Å²) in [4.78, 5) is 0. The predicted octanol–water partition coefficient (Wildman–Crippen LogP) is 4.47. The van der Waals surface area contributed by atoms with E-state index in [1.807, 2.05) is 37.3 Å². The van der Waals surface area contributed by atoms with Crippen molar-refractivity contribution in [3.8, 4) is 0 Å². The molecule has 0 amide bonds. The lowest BCUT2D eigenvalue weighted by Crippen LogP contribution is -2.34. The van der Waals surface area contributed by atoms with E-state index in [0.29, 0.717) is 6.42 Å². The Balaban J connectivity index is 2.69. The summed E-state index contributed by atoms with van der Waals surface area (Å²) in [7, 11) is 0. The van der Waals surface area contributed by atoms with Crippen molar-refractivity contribution in [2.45, 2.75) is 51.4 Å². The van der Waals surface area contributed by atoms with Crippen molar-refractivity contribution < 1.29 is 17.9 Å². The molecule has 0 aliphatic heterocycles. The minimum Gasteiger partial charge on any atom is -0.376 e. The molecule has 0 aliphatic carbocycles. The van der Waals surface area contributed by atoms with Gasteiger partial charge in [-0.1, -0.05) is 44.2 Å². The van der Waals surface area contributed by atoms with Crippen LogP contribution < -0.4 is 5.32 Å². The predicted molar refractivity (Wildman–Crippen MR) is 78.2 cm³/mol. The van der Waals surface area contributed by atoms with Crippen LogP contribution in [0, 0.1) is 0 Å². The van der Waals surface area contributed by atoms with Gasteiger partial charge in [0.15, 0.2) is 0 Å². The molecule has 2 atom stereocenters. The van der Waals surface area contributed by atoms with Crippen LogP contribution in [0.2, 0.25) is 0 Å². The third-order valence-electron chi connectivity index (χ3n) is 3.26. The highest BCUT2D eigenvalue weighted by molar-refractivity contribution is 5.20. The molecule has 0 spiro atoms. The number of halogens is 3. The van der Waals surface area contributed by atoms with E-state index in [-0.39, 0.29) is 18.8 Å². The smallest absolute Gasteiger partial charge is 0.376 e. The lowest BCUT2D eigenvalue weighted by molar-refractivity contribution is -0.150. The summed E-state index contributed by atoms with van der Waals surface area (Å²) < 4.78 is 42.2. The molecule has 1 aromatic carbocycles. The Bertz CT molecular complexity index is 381. The second kappa shape index (κ2) is 9.05. The summed E-state index contributed by atoms with van der Waals surface area (Å²) in [6.45, 7) is 4.50. The Labute approximate surface area is 124 Å². The number of hydrogen-bond acceptors (Lipinski definition) is 2. The quantitative estimate of drug-likeness (QED) is 0.726. The number of rotatable bonds is 9. The van der Waals surface area contributed by atoms with Crippen molar-refractivity contribution in [1.29, 1.82) is 0 Å². The van der Waals surface area contributed by atoms with Crippen molar-refractivity contribution in [3.63, 3.8) is 0 Å². The molecule has 1 aromatic rings. The second-order valence-electron chi connectivity index (χ2n) is 5.03. The fourth-order valence-electron chi connectivity index (χ4n) is 2.20. The normalized spacial score (nSPS) is 14.9. The summed E-state index contributed by atoms with van der Waals surface area (Å²) >= 11 is 0. The molecule has 0 saturated heterocycles. The van der Waals surface area contributed by atoms with Gasteiger partial charge in [0.05, 0.1) is 25.2 Å². The zero-order valence-electron chi connectivity index (χ0n) is 12.6. The monoisotopic (exact) mass is 303 g/mol. The molecule has 1 N–H and O–H groups in total. The van der Waals surface area contributed by atoms with Gasteiger partial charge in [0, 0.05) is 0 Å². The van der Waals surface area contributed by atoms with E-state index in [4.69, 9.17) is 4.74 Å². The van der Waals surface area contributed by atoms with Gasteiger partial charge in [0.2, 0.25) is 0 Å². The molecular weight excluding hydrogens is 279 g/mol. The van der Waals surface area contributed by atoms with E-state index in [1.165, 1.54) is 0 Å². The molecule has 0 fully saturated rings. The summed E-state index contributed by atoms with van der Waals surface area (Å²) in [6.07, 6.45) is -3.71. The molecule has 0 aliphatic rings. The highest BCUT2D eigenvalue weighted by atomic mass is 19.4. The molecule has 1 rings (SSSR count). The van der Waals surface area contributed by atoms with Crippen molar-refractivity contribution in [3.05, 3.63) is 35.9 Å². The summed E-state index contributed by atoms with van der Waals surface area (Å²) in [5, 5.41) is 3.38. The van der Waals surface area contributed by atoms with E-state index in [0.717, 1.165) is 18.5 Å². The fourth-order valence-corrected chi connectivity index (χ4v) is 2.20. The molecule has 0 heterocycles. The number of nitrogens with one attached hydrogen (secondary N) is 1. The van der Waals surface area contributed by atoms with Gasteiger partial charge in [-0.05, 0) is 24.9 Å². The van der Waals surface area contributed by atoms with Gasteiger partial charge in [0.25, 0.3) is 0 Å². The number of alkyl halides is 3. The summed E-state index contributed by atoms with van der Waals surface area (Å²) in [5.74, 6) is 0. The standard InChI is InChI=1S/C16H24F3NO/c1-3-11-20-15(13-8-6-5-7-9-13)14(4-2)21-12-10-16(17,18)19/h5-9,14-15,20H,3-4,10-12H2,1-2H3. The van der Waals surface area contributed by atoms with Crippen molar-refractivity contribution in [1.82, 2.24) is 5.32 Å². The maximum atomic E-state index is 12.2. The largest absolute Gasteiger partial charge is 0.391 e. The minimum atomic E-state index is -4.17. The average molecular weight is 303 g/mol. The van der Waals surface area contributed by atoms with Gasteiger partial charge in [-0.25, -0.2) is 0 Å². The zero-order chi connectivity index (χ0) is 15.7. The Morgan fingerprint density at radius 3 is 2.33 bits per heavy atom. The zero-order valence-corrected chi connectivity index (χ0v) is 12.6. The van der Waals surface area contributed by atoms with E-state index in [2.05, 4.69) is 12.2 Å².